The number of benzene rings is 1. The first-order valence-corrected chi connectivity index (χ1v) is 4.28. The molecule has 0 bridgehead atoms. The van der Waals surface area contributed by atoms with E-state index in [0.717, 1.165) is 0 Å². The van der Waals surface area contributed by atoms with E-state index in [-0.39, 0.29) is 12.1 Å². The van der Waals surface area contributed by atoms with Crippen LogP contribution in [0.4, 0.5) is 0 Å². The molecule has 0 saturated carbocycles. The maximum atomic E-state index is 5.19. The van der Waals surface area contributed by atoms with Crippen LogP contribution < -0.4 is 0 Å². The Hall–Kier alpha value is -1.64. The smallest absolute Gasteiger partial charge is 0.182 e. The molecule has 0 N–H and O–H groups in total. The number of rotatable bonds is 0. The van der Waals surface area contributed by atoms with E-state index in [2.05, 4.69) is 28.6 Å². The van der Waals surface area contributed by atoms with E-state index >= 15 is 0 Å². The van der Waals surface area contributed by atoms with Crippen LogP contribution in [0.3, 0.4) is 0 Å². The number of hydrogen-bond acceptors (Lipinski definition) is 3. The molecule has 0 aromatic heterocycles. The molecule has 3 heteroatoms. The van der Waals surface area contributed by atoms with Crippen molar-refractivity contribution in [2.24, 2.45) is 10.4 Å². The third-order valence-electron chi connectivity index (χ3n) is 2.43. The minimum Gasteiger partial charge on any atom is -0.369 e. The molecule has 0 fully saturated rings. The van der Waals surface area contributed by atoms with Gasteiger partial charge in [0.05, 0.1) is 0 Å². The molecule has 2 atom stereocenters. The van der Waals surface area contributed by atoms with Crippen LogP contribution in [0.2, 0.25) is 0 Å². The Morgan fingerprint density at radius 2 is 2.15 bits per heavy atom. The second-order valence-electron chi connectivity index (χ2n) is 3.20. The van der Waals surface area contributed by atoms with Crippen molar-refractivity contribution < 1.29 is 4.84 Å². The Labute approximate surface area is 75.7 Å². The molecule has 64 valence electrons. The van der Waals surface area contributed by atoms with E-state index in [0.29, 0.717) is 0 Å². The molecule has 1 aliphatic heterocycles. The van der Waals surface area contributed by atoms with E-state index in [1.807, 2.05) is 18.2 Å². The van der Waals surface area contributed by atoms with E-state index in [9.17, 15) is 0 Å². The standard InChI is InChI=1S/C10H8N2O/c1-2-4-8-7(3-1)5-6-9-10(8)13-12-11-9/h1-6,9-10H. The van der Waals surface area contributed by atoms with Gasteiger partial charge in [0.25, 0.3) is 0 Å². The van der Waals surface area contributed by atoms with E-state index < -0.39 is 0 Å². The highest BCUT2D eigenvalue weighted by molar-refractivity contribution is 5.58. The fourth-order valence-electron chi connectivity index (χ4n) is 1.76. The largest absolute Gasteiger partial charge is 0.369 e. The molecule has 2 aliphatic rings. The molecule has 0 saturated heterocycles. The Bertz CT molecular complexity index is 398. The summed E-state index contributed by atoms with van der Waals surface area (Å²) >= 11 is 0. The molecular formula is C10H8N2O. The van der Waals surface area contributed by atoms with Crippen molar-refractivity contribution in [2.45, 2.75) is 12.1 Å². The lowest BCUT2D eigenvalue weighted by atomic mass is 9.92. The van der Waals surface area contributed by atoms with Gasteiger partial charge in [-0.05, 0) is 5.56 Å². The van der Waals surface area contributed by atoms with Gasteiger partial charge in [-0.15, -0.1) is 5.11 Å². The van der Waals surface area contributed by atoms with Gasteiger partial charge in [-0.25, -0.2) is 0 Å². The van der Waals surface area contributed by atoms with Gasteiger partial charge < -0.3 is 4.84 Å². The SMILES string of the molecule is C1=CC2N=NOC2c2ccccc21. The van der Waals surface area contributed by atoms with Crippen LogP contribution in [0.1, 0.15) is 17.2 Å². The zero-order valence-corrected chi connectivity index (χ0v) is 6.92. The van der Waals surface area contributed by atoms with E-state index in [1.54, 1.807) is 0 Å². The minimum absolute atomic E-state index is 0.00111. The molecule has 1 aromatic carbocycles. The van der Waals surface area contributed by atoms with Crippen LogP contribution in [0.15, 0.2) is 40.7 Å². The lowest BCUT2D eigenvalue weighted by Gasteiger charge is -2.18. The lowest BCUT2D eigenvalue weighted by Crippen LogP contribution is -2.15. The lowest BCUT2D eigenvalue weighted by molar-refractivity contribution is 0.0816. The summed E-state index contributed by atoms with van der Waals surface area (Å²) in [6.45, 7) is 0. The van der Waals surface area contributed by atoms with Crippen LogP contribution in [0.25, 0.3) is 6.08 Å². The second kappa shape index (κ2) is 2.42. The van der Waals surface area contributed by atoms with Gasteiger partial charge in [-0.3, -0.25) is 0 Å². The summed E-state index contributed by atoms with van der Waals surface area (Å²) in [5.74, 6) is 0. The molecule has 13 heavy (non-hydrogen) atoms. The predicted molar refractivity (Wildman–Crippen MR) is 47.9 cm³/mol. The van der Waals surface area contributed by atoms with Crippen molar-refractivity contribution in [1.82, 2.24) is 0 Å². The third kappa shape index (κ3) is 0.900. The zero-order chi connectivity index (χ0) is 8.67. The monoisotopic (exact) mass is 172 g/mol. The van der Waals surface area contributed by atoms with Gasteiger partial charge in [0.2, 0.25) is 0 Å². The van der Waals surface area contributed by atoms with Crippen LogP contribution in [0, 0.1) is 0 Å². The van der Waals surface area contributed by atoms with Crippen LogP contribution in [-0.2, 0) is 4.84 Å². The maximum absolute atomic E-state index is 5.19. The summed E-state index contributed by atoms with van der Waals surface area (Å²) in [6.07, 6.45) is 4.11. The summed E-state index contributed by atoms with van der Waals surface area (Å²) in [6, 6.07) is 8.25. The predicted octanol–water partition coefficient (Wildman–Crippen LogP) is 2.52. The molecule has 3 rings (SSSR count). The van der Waals surface area contributed by atoms with Crippen LogP contribution in [0.5, 0.6) is 0 Å². The molecule has 1 aliphatic carbocycles. The Kier molecular flexibility index (Phi) is 1.27. The quantitative estimate of drug-likeness (QED) is 0.592. The average molecular weight is 172 g/mol. The fourth-order valence-corrected chi connectivity index (χ4v) is 1.76. The van der Waals surface area contributed by atoms with Gasteiger partial charge >= 0.3 is 0 Å². The Balaban J connectivity index is 2.15. The minimum atomic E-state index is 0.00111. The van der Waals surface area contributed by atoms with Gasteiger partial charge in [-0.1, -0.05) is 36.4 Å². The van der Waals surface area contributed by atoms with Gasteiger partial charge in [0, 0.05) is 10.8 Å². The molecule has 1 aromatic rings. The molecule has 0 radical (unpaired) electrons. The van der Waals surface area contributed by atoms with Crippen molar-refractivity contribution >= 4 is 6.08 Å². The highest BCUT2D eigenvalue weighted by Crippen LogP contribution is 2.36. The molecule has 0 amide bonds. The normalized spacial score (nSPS) is 28.0. The third-order valence-corrected chi connectivity index (χ3v) is 2.43. The first-order chi connectivity index (χ1) is 6.45. The van der Waals surface area contributed by atoms with E-state index in [4.69, 9.17) is 4.84 Å². The summed E-state index contributed by atoms with van der Waals surface area (Å²) in [7, 11) is 0. The van der Waals surface area contributed by atoms with Crippen molar-refractivity contribution in [1.29, 1.82) is 0 Å². The summed E-state index contributed by atoms with van der Waals surface area (Å²) in [5.41, 5.74) is 2.39. The first-order valence-electron chi connectivity index (χ1n) is 4.28. The molecular weight excluding hydrogens is 164 g/mol. The number of nitrogens with zero attached hydrogens (tertiary/aromatic N) is 2. The van der Waals surface area contributed by atoms with Crippen LogP contribution >= 0.6 is 0 Å². The summed E-state index contributed by atoms with van der Waals surface area (Å²) in [4.78, 5) is 5.19. The Morgan fingerprint density at radius 1 is 1.23 bits per heavy atom. The van der Waals surface area contributed by atoms with Crippen LogP contribution in [-0.4, -0.2) is 6.04 Å². The van der Waals surface area contributed by atoms with Crippen molar-refractivity contribution in [2.75, 3.05) is 0 Å². The van der Waals surface area contributed by atoms with Crippen molar-refractivity contribution in [3.63, 3.8) is 0 Å². The Morgan fingerprint density at radius 3 is 3.15 bits per heavy atom. The van der Waals surface area contributed by atoms with Gasteiger partial charge in [0.15, 0.2) is 6.10 Å². The van der Waals surface area contributed by atoms with Crippen molar-refractivity contribution in [3.8, 4) is 0 Å². The number of fused-ring (bicyclic) bond motifs is 3. The topological polar surface area (TPSA) is 34.0 Å². The maximum Gasteiger partial charge on any atom is 0.182 e. The number of hydrogen-bond donors (Lipinski definition) is 0. The highest BCUT2D eigenvalue weighted by Gasteiger charge is 2.31. The van der Waals surface area contributed by atoms with E-state index in [1.165, 1.54) is 11.1 Å². The second-order valence-corrected chi connectivity index (χ2v) is 3.20. The van der Waals surface area contributed by atoms with Gasteiger partial charge in [-0.2, -0.15) is 0 Å². The fraction of sp³-hybridized carbons (Fsp3) is 0.200. The highest BCUT2D eigenvalue weighted by atomic mass is 16.7. The van der Waals surface area contributed by atoms with Crippen molar-refractivity contribution in [3.05, 3.63) is 41.5 Å². The average Bonchev–Trinajstić information content (AvgIpc) is 2.65. The molecule has 3 nitrogen and oxygen atoms in total. The first kappa shape index (κ1) is 6.83. The zero-order valence-electron chi connectivity index (χ0n) is 6.92. The summed E-state index contributed by atoms with van der Waals surface area (Å²) in [5, 5.41) is 7.57. The molecule has 0 spiro atoms. The van der Waals surface area contributed by atoms with Gasteiger partial charge in [0.1, 0.15) is 6.04 Å². The molecule has 2 unspecified atom stereocenters. The molecule has 1 heterocycles. The summed E-state index contributed by atoms with van der Waals surface area (Å²) < 4.78 is 0.